The van der Waals surface area contributed by atoms with Crippen molar-refractivity contribution in [3.63, 3.8) is 0 Å². The number of nitrogen functional groups attached to an aromatic ring is 1. The third-order valence-electron chi connectivity index (χ3n) is 2.48. The Kier molecular flexibility index (Phi) is 5.49. The van der Waals surface area contributed by atoms with Gasteiger partial charge in [0.05, 0.1) is 4.90 Å². The number of thioether (sulfide) groups is 1. The van der Waals surface area contributed by atoms with E-state index in [2.05, 4.69) is 18.6 Å². The summed E-state index contributed by atoms with van der Waals surface area (Å²) < 4.78 is 26.1. The maximum atomic E-state index is 11.9. The largest absolute Gasteiger partial charge is 0.399 e. The number of rotatable bonds is 6. The topological polar surface area (TPSA) is 72.2 Å². The van der Waals surface area contributed by atoms with Gasteiger partial charge in [-0.15, -0.1) is 11.8 Å². The molecule has 0 amide bonds. The minimum atomic E-state index is -3.45. The summed E-state index contributed by atoms with van der Waals surface area (Å²) in [4.78, 5) is 1.01. The summed E-state index contributed by atoms with van der Waals surface area (Å²) >= 11 is 1.55. The molecule has 0 aliphatic heterocycles. The predicted octanol–water partition coefficient (Wildman–Crippen LogP) is 2.32. The first-order chi connectivity index (χ1) is 8.36. The highest BCUT2D eigenvalue weighted by Gasteiger charge is 2.17. The number of benzene rings is 1. The van der Waals surface area contributed by atoms with Crippen molar-refractivity contribution in [2.75, 3.05) is 18.5 Å². The van der Waals surface area contributed by atoms with E-state index < -0.39 is 10.0 Å². The zero-order valence-corrected chi connectivity index (χ0v) is 12.6. The van der Waals surface area contributed by atoms with Gasteiger partial charge in [0.1, 0.15) is 0 Å². The van der Waals surface area contributed by atoms with Crippen LogP contribution in [-0.2, 0) is 10.0 Å². The van der Waals surface area contributed by atoms with Crippen LogP contribution in [0.1, 0.15) is 20.3 Å². The Labute approximate surface area is 113 Å². The molecule has 3 N–H and O–H groups in total. The zero-order chi connectivity index (χ0) is 13.8. The van der Waals surface area contributed by atoms with Crippen LogP contribution in [-0.4, -0.2) is 21.2 Å². The molecule has 0 aliphatic rings. The SMILES string of the molecule is CNS(=O)(=O)c1cc(N)ccc1SCCC(C)C. The lowest BCUT2D eigenvalue weighted by molar-refractivity contribution is 0.586. The monoisotopic (exact) mass is 288 g/mol. The van der Waals surface area contributed by atoms with Crippen molar-refractivity contribution in [1.29, 1.82) is 0 Å². The van der Waals surface area contributed by atoms with E-state index in [0.29, 0.717) is 11.6 Å². The Hall–Kier alpha value is -0.720. The number of nitrogens with two attached hydrogens (primary N) is 1. The van der Waals surface area contributed by atoms with Gasteiger partial charge in [0.15, 0.2) is 0 Å². The molecule has 102 valence electrons. The molecule has 4 nitrogen and oxygen atoms in total. The number of nitrogens with one attached hydrogen (secondary N) is 1. The molecule has 0 aliphatic carbocycles. The van der Waals surface area contributed by atoms with Gasteiger partial charge in [0.25, 0.3) is 0 Å². The summed E-state index contributed by atoms with van der Waals surface area (Å²) in [6.07, 6.45) is 1.05. The van der Waals surface area contributed by atoms with Gasteiger partial charge in [-0.25, -0.2) is 13.1 Å². The molecular formula is C12H20N2O2S2. The van der Waals surface area contributed by atoms with Gasteiger partial charge in [-0.05, 0) is 43.3 Å². The molecule has 1 aromatic carbocycles. The molecule has 6 heteroatoms. The molecular weight excluding hydrogens is 268 g/mol. The second-order valence-electron chi connectivity index (χ2n) is 4.44. The van der Waals surface area contributed by atoms with Gasteiger partial charge in [-0.1, -0.05) is 13.8 Å². The molecule has 0 aromatic heterocycles. The molecule has 18 heavy (non-hydrogen) atoms. The fourth-order valence-electron chi connectivity index (χ4n) is 1.37. The highest BCUT2D eigenvalue weighted by molar-refractivity contribution is 8.00. The van der Waals surface area contributed by atoms with E-state index in [4.69, 9.17) is 5.73 Å². The van der Waals surface area contributed by atoms with E-state index in [9.17, 15) is 8.42 Å². The highest BCUT2D eigenvalue weighted by Crippen LogP contribution is 2.29. The van der Waals surface area contributed by atoms with Gasteiger partial charge in [0, 0.05) is 10.6 Å². The van der Waals surface area contributed by atoms with Crippen LogP contribution in [0.4, 0.5) is 5.69 Å². The number of hydrogen-bond donors (Lipinski definition) is 2. The molecule has 0 fully saturated rings. The minimum Gasteiger partial charge on any atom is -0.399 e. The Morgan fingerprint density at radius 3 is 2.61 bits per heavy atom. The van der Waals surface area contributed by atoms with Gasteiger partial charge >= 0.3 is 0 Å². The van der Waals surface area contributed by atoms with Crippen molar-refractivity contribution in [3.8, 4) is 0 Å². The van der Waals surface area contributed by atoms with E-state index >= 15 is 0 Å². The van der Waals surface area contributed by atoms with E-state index in [1.54, 1.807) is 23.9 Å². The Morgan fingerprint density at radius 1 is 1.39 bits per heavy atom. The van der Waals surface area contributed by atoms with Crippen LogP contribution in [0.25, 0.3) is 0 Å². The number of sulfonamides is 1. The zero-order valence-electron chi connectivity index (χ0n) is 10.9. The average Bonchev–Trinajstić information content (AvgIpc) is 2.30. The van der Waals surface area contributed by atoms with Crippen LogP contribution < -0.4 is 10.5 Å². The standard InChI is InChI=1S/C12H20N2O2S2/c1-9(2)6-7-17-11-5-4-10(13)8-12(11)18(15,16)14-3/h4-5,8-9,14H,6-7,13H2,1-3H3. The van der Waals surface area contributed by atoms with Crippen LogP contribution in [0.3, 0.4) is 0 Å². The summed E-state index contributed by atoms with van der Waals surface area (Å²) in [7, 11) is -2.05. The van der Waals surface area contributed by atoms with Crippen molar-refractivity contribution in [1.82, 2.24) is 4.72 Å². The van der Waals surface area contributed by atoms with Crippen molar-refractivity contribution >= 4 is 27.5 Å². The van der Waals surface area contributed by atoms with Crippen molar-refractivity contribution in [3.05, 3.63) is 18.2 Å². The third-order valence-corrected chi connectivity index (χ3v) is 5.17. The van der Waals surface area contributed by atoms with E-state index in [1.807, 2.05) is 0 Å². The Bertz CT molecular complexity index is 499. The van der Waals surface area contributed by atoms with Gasteiger partial charge in [0.2, 0.25) is 10.0 Å². The molecule has 0 spiro atoms. The van der Waals surface area contributed by atoms with Crippen molar-refractivity contribution in [2.45, 2.75) is 30.1 Å². The van der Waals surface area contributed by atoms with Crippen molar-refractivity contribution in [2.24, 2.45) is 5.92 Å². The summed E-state index contributed by atoms with van der Waals surface area (Å²) in [5.41, 5.74) is 6.11. The summed E-state index contributed by atoms with van der Waals surface area (Å²) in [6.45, 7) is 4.30. The highest BCUT2D eigenvalue weighted by atomic mass is 32.2. The van der Waals surface area contributed by atoms with Crippen LogP contribution in [0.5, 0.6) is 0 Å². The minimum absolute atomic E-state index is 0.263. The molecule has 0 saturated heterocycles. The summed E-state index contributed by atoms with van der Waals surface area (Å²) in [6, 6.07) is 5.00. The molecule has 0 bridgehead atoms. The van der Waals surface area contributed by atoms with Crippen LogP contribution >= 0.6 is 11.8 Å². The summed E-state index contributed by atoms with van der Waals surface area (Å²) in [5.74, 6) is 1.50. The van der Waals surface area contributed by atoms with Crippen LogP contribution in [0.2, 0.25) is 0 Å². The molecule has 0 heterocycles. The van der Waals surface area contributed by atoms with E-state index in [0.717, 1.165) is 17.1 Å². The molecule has 1 aromatic rings. The molecule has 1 rings (SSSR count). The first kappa shape index (κ1) is 15.3. The lowest BCUT2D eigenvalue weighted by Gasteiger charge is -2.11. The lowest BCUT2D eigenvalue weighted by Crippen LogP contribution is -2.19. The normalized spacial score (nSPS) is 12.0. The maximum Gasteiger partial charge on any atom is 0.241 e. The quantitative estimate of drug-likeness (QED) is 0.622. The molecule has 0 radical (unpaired) electrons. The predicted molar refractivity (Wildman–Crippen MR) is 77.3 cm³/mol. The second-order valence-corrected chi connectivity index (χ2v) is 7.44. The second kappa shape index (κ2) is 6.45. The van der Waals surface area contributed by atoms with Gasteiger partial charge < -0.3 is 5.73 Å². The molecule has 0 saturated carbocycles. The van der Waals surface area contributed by atoms with Gasteiger partial charge in [-0.3, -0.25) is 0 Å². The Balaban J connectivity index is 2.98. The third kappa shape index (κ3) is 4.19. The van der Waals surface area contributed by atoms with E-state index in [-0.39, 0.29) is 4.90 Å². The fraction of sp³-hybridized carbons (Fsp3) is 0.500. The van der Waals surface area contributed by atoms with Crippen LogP contribution in [0.15, 0.2) is 28.0 Å². The summed E-state index contributed by atoms with van der Waals surface area (Å²) in [5, 5.41) is 0. The lowest BCUT2D eigenvalue weighted by atomic mass is 10.2. The smallest absolute Gasteiger partial charge is 0.241 e. The number of anilines is 1. The maximum absolute atomic E-state index is 11.9. The van der Waals surface area contributed by atoms with E-state index in [1.165, 1.54) is 13.1 Å². The average molecular weight is 288 g/mol. The first-order valence-electron chi connectivity index (χ1n) is 5.82. The fourth-order valence-corrected chi connectivity index (χ4v) is 3.89. The van der Waals surface area contributed by atoms with Gasteiger partial charge in [-0.2, -0.15) is 0 Å². The Morgan fingerprint density at radius 2 is 2.06 bits per heavy atom. The van der Waals surface area contributed by atoms with Crippen LogP contribution in [0, 0.1) is 5.92 Å². The first-order valence-corrected chi connectivity index (χ1v) is 8.29. The number of hydrogen-bond acceptors (Lipinski definition) is 4. The van der Waals surface area contributed by atoms with Crippen molar-refractivity contribution < 1.29 is 8.42 Å². The molecule has 0 unspecified atom stereocenters. The molecule has 0 atom stereocenters.